The molecular weight excluding hydrogens is 450 g/mol. The first-order chi connectivity index (χ1) is 17.8. The fraction of sp³-hybridized carbons (Fsp3) is 0.296. The Labute approximate surface area is 208 Å². The van der Waals surface area contributed by atoms with Crippen LogP contribution in [0.4, 0.5) is 0 Å². The molecule has 2 atom stereocenters. The molecule has 1 aromatic carbocycles. The van der Waals surface area contributed by atoms with Gasteiger partial charge in [0, 0.05) is 17.3 Å². The summed E-state index contributed by atoms with van der Waals surface area (Å²) in [5.74, 6) is 1.99. The summed E-state index contributed by atoms with van der Waals surface area (Å²) < 4.78 is 0. The van der Waals surface area contributed by atoms with Crippen molar-refractivity contribution >= 4 is 11.0 Å². The molecule has 9 nitrogen and oxygen atoms in total. The second kappa shape index (κ2) is 8.92. The Balaban J connectivity index is 1.11. The van der Waals surface area contributed by atoms with Crippen molar-refractivity contribution in [3.63, 3.8) is 0 Å². The van der Waals surface area contributed by atoms with E-state index in [0.717, 1.165) is 82.5 Å². The molecule has 2 aliphatic rings. The van der Waals surface area contributed by atoms with Crippen molar-refractivity contribution in [2.75, 3.05) is 13.1 Å². The highest BCUT2D eigenvalue weighted by molar-refractivity contribution is 5.82. The van der Waals surface area contributed by atoms with E-state index in [-0.39, 0.29) is 0 Å². The second-order valence-corrected chi connectivity index (χ2v) is 9.55. The minimum absolute atomic E-state index is 0.319. The molecule has 4 aromatic heterocycles. The van der Waals surface area contributed by atoms with Crippen molar-refractivity contribution in [2.45, 2.75) is 37.8 Å². The molecule has 7 rings (SSSR count). The van der Waals surface area contributed by atoms with Gasteiger partial charge in [0.15, 0.2) is 0 Å². The summed E-state index contributed by atoms with van der Waals surface area (Å²) in [5.41, 5.74) is 7.23. The predicted octanol–water partition coefficient (Wildman–Crippen LogP) is 4.32. The van der Waals surface area contributed by atoms with Crippen molar-refractivity contribution in [3.8, 4) is 33.9 Å². The molecule has 2 saturated heterocycles. The average Bonchev–Trinajstić information content (AvgIpc) is 3.75. The van der Waals surface area contributed by atoms with Crippen molar-refractivity contribution < 1.29 is 0 Å². The third-order valence-corrected chi connectivity index (χ3v) is 7.16. The highest BCUT2D eigenvalue weighted by atomic mass is 15.0. The Hall–Kier alpha value is -3.95. The quantitative estimate of drug-likeness (QED) is 0.297. The van der Waals surface area contributed by atoms with Gasteiger partial charge >= 0.3 is 0 Å². The number of pyridine rings is 1. The zero-order valence-corrected chi connectivity index (χ0v) is 19.8. The first kappa shape index (κ1) is 21.3. The second-order valence-electron chi connectivity index (χ2n) is 9.55. The highest BCUT2D eigenvalue weighted by Crippen LogP contribution is 2.28. The molecule has 2 unspecified atom stereocenters. The number of H-pyrrole nitrogens is 2. The summed E-state index contributed by atoms with van der Waals surface area (Å²) in [6, 6.07) is 10.8. The van der Waals surface area contributed by atoms with E-state index in [0.29, 0.717) is 12.1 Å². The van der Waals surface area contributed by atoms with E-state index in [4.69, 9.17) is 4.98 Å². The van der Waals surface area contributed by atoms with Gasteiger partial charge < -0.3 is 20.6 Å². The standard InChI is InChI=1S/C27H27N9/c1-3-20(28-9-1)26-32-13-23(35-26)16-5-8-19-22(11-16)31-15-25(34-19)18-7-6-17(12-30-18)24-14-33-27(36-24)21-4-2-10-29-21/h5-8,11-15,20-21,28-29H,1-4,9-10H2,(H,32,35)(H,33,36). The molecule has 9 heteroatoms. The largest absolute Gasteiger partial charge is 0.341 e. The van der Waals surface area contributed by atoms with Gasteiger partial charge in [-0.05, 0) is 63.0 Å². The zero-order valence-electron chi connectivity index (χ0n) is 19.8. The van der Waals surface area contributed by atoms with Crippen LogP contribution in [0.25, 0.3) is 44.9 Å². The monoisotopic (exact) mass is 477 g/mol. The van der Waals surface area contributed by atoms with Crippen molar-refractivity contribution in [3.05, 3.63) is 66.8 Å². The predicted molar refractivity (Wildman–Crippen MR) is 138 cm³/mol. The maximum absolute atomic E-state index is 4.82. The van der Waals surface area contributed by atoms with Gasteiger partial charge in [0.05, 0.1) is 58.8 Å². The highest BCUT2D eigenvalue weighted by Gasteiger charge is 2.20. The first-order valence-electron chi connectivity index (χ1n) is 12.6. The Morgan fingerprint density at radius 2 is 1.31 bits per heavy atom. The van der Waals surface area contributed by atoms with Gasteiger partial charge in [0.25, 0.3) is 0 Å². The van der Waals surface area contributed by atoms with E-state index in [2.05, 4.69) is 52.7 Å². The molecule has 0 radical (unpaired) electrons. The van der Waals surface area contributed by atoms with Gasteiger partial charge in [-0.1, -0.05) is 6.07 Å². The van der Waals surface area contributed by atoms with Crippen LogP contribution in [0.3, 0.4) is 0 Å². The first-order valence-corrected chi connectivity index (χ1v) is 12.6. The summed E-state index contributed by atoms with van der Waals surface area (Å²) in [6.07, 6.45) is 12.0. The van der Waals surface area contributed by atoms with Gasteiger partial charge in [-0.3, -0.25) is 9.97 Å². The van der Waals surface area contributed by atoms with E-state index in [1.165, 1.54) is 12.8 Å². The molecule has 0 saturated carbocycles. The summed E-state index contributed by atoms with van der Waals surface area (Å²) in [7, 11) is 0. The summed E-state index contributed by atoms with van der Waals surface area (Å²) >= 11 is 0. The summed E-state index contributed by atoms with van der Waals surface area (Å²) in [5, 5.41) is 6.96. The molecule has 0 spiro atoms. The van der Waals surface area contributed by atoms with Crippen molar-refractivity contribution in [1.29, 1.82) is 0 Å². The Morgan fingerprint density at radius 1 is 0.611 bits per heavy atom. The molecule has 2 aliphatic heterocycles. The third-order valence-electron chi connectivity index (χ3n) is 7.16. The molecule has 0 amide bonds. The number of fused-ring (bicyclic) bond motifs is 1. The zero-order chi connectivity index (χ0) is 23.9. The third kappa shape index (κ3) is 3.96. The Bertz CT molecular complexity index is 1510. The number of benzene rings is 1. The van der Waals surface area contributed by atoms with E-state index in [9.17, 15) is 0 Å². The average molecular weight is 478 g/mol. The molecule has 5 aromatic rings. The molecule has 180 valence electrons. The number of hydrogen-bond acceptors (Lipinski definition) is 7. The van der Waals surface area contributed by atoms with E-state index < -0.39 is 0 Å². The molecule has 36 heavy (non-hydrogen) atoms. The van der Waals surface area contributed by atoms with Crippen LogP contribution < -0.4 is 10.6 Å². The van der Waals surface area contributed by atoms with Gasteiger partial charge in [-0.15, -0.1) is 0 Å². The molecular formula is C27H27N9. The lowest BCUT2D eigenvalue weighted by molar-refractivity contribution is 0.613. The van der Waals surface area contributed by atoms with Crippen LogP contribution in [-0.4, -0.2) is 48.0 Å². The van der Waals surface area contributed by atoms with Crippen LogP contribution in [0.15, 0.2) is 55.1 Å². The van der Waals surface area contributed by atoms with Crippen LogP contribution >= 0.6 is 0 Å². The normalized spacial score (nSPS) is 19.9. The summed E-state index contributed by atoms with van der Waals surface area (Å²) in [4.78, 5) is 30.2. The molecule has 0 aliphatic carbocycles. The van der Waals surface area contributed by atoms with Crippen LogP contribution in [-0.2, 0) is 0 Å². The van der Waals surface area contributed by atoms with Gasteiger partial charge in [0.1, 0.15) is 17.3 Å². The van der Waals surface area contributed by atoms with Crippen LogP contribution in [0.1, 0.15) is 49.4 Å². The number of rotatable bonds is 5. The maximum atomic E-state index is 4.82. The fourth-order valence-electron chi connectivity index (χ4n) is 5.16. The Morgan fingerprint density at radius 3 is 1.94 bits per heavy atom. The van der Waals surface area contributed by atoms with E-state index >= 15 is 0 Å². The van der Waals surface area contributed by atoms with Crippen molar-refractivity contribution in [1.82, 2.24) is 45.5 Å². The number of nitrogens with one attached hydrogen (secondary N) is 4. The van der Waals surface area contributed by atoms with Crippen LogP contribution in [0, 0.1) is 0 Å². The molecule has 6 heterocycles. The number of imidazole rings is 2. The lowest BCUT2D eigenvalue weighted by Crippen LogP contribution is -2.14. The number of aromatic nitrogens is 7. The smallest absolute Gasteiger partial charge is 0.123 e. The van der Waals surface area contributed by atoms with Gasteiger partial charge in [-0.2, -0.15) is 0 Å². The minimum Gasteiger partial charge on any atom is -0.341 e. The summed E-state index contributed by atoms with van der Waals surface area (Å²) in [6.45, 7) is 2.10. The maximum Gasteiger partial charge on any atom is 0.123 e. The number of hydrogen-bond donors (Lipinski definition) is 4. The Kier molecular flexibility index (Phi) is 5.29. The van der Waals surface area contributed by atoms with E-state index in [1.54, 1.807) is 6.20 Å². The SMILES string of the molecule is c1cc(-c2cnc3cc(-c4cnc(C5CCCN5)[nH]4)ccc3n2)ncc1-c1cnc(C2CCCN2)[nH]1. The van der Waals surface area contributed by atoms with Crippen LogP contribution in [0.2, 0.25) is 0 Å². The lowest BCUT2D eigenvalue weighted by Gasteiger charge is -2.07. The number of nitrogens with zero attached hydrogens (tertiary/aromatic N) is 5. The molecule has 4 N–H and O–H groups in total. The lowest BCUT2D eigenvalue weighted by atomic mass is 10.1. The number of aromatic amines is 2. The van der Waals surface area contributed by atoms with Gasteiger partial charge in [-0.25, -0.2) is 15.0 Å². The minimum atomic E-state index is 0.319. The van der Waals surface area contributed by atoms with Crippen LogP contribution in [0.5, 0.6) is 0 Å². The molecule has 0 bridgehead atoms. The van der Waals surface area contributed by atoms with Crippen molar-refractivity contribution in [2.24, 2.45) is 0 Å². The fourth-order valence-corrected chi connectivity index (χ4v) is 5.16. The van der Waals surface area contributed by atoms with E-state index in [1.807, 2.05) is 36.8 Å². The van der Waals surface area contributed by atoms with Gasteiger partial charge in [0.2, 0.25) is 0 Å². The molecule has 2 fully saturated rings. The topological polar surface area (TPSA) is 120 Å².